The Labute approximate surface area is 232 Å². The van der Waals surface area contributed by atoms with Crippen LogP contribution in [0.3, 0.4) is 0 Å². The number of halogens is 2. The zero-order chi connectivity index (χ0) is 26.8. The van der Waals surface area contributed by atoms with Crippen molar-refractivity contribution in [3.05, 3.63) is 20.1 Å². The van der Waals surface area contributed by atoms with Crippen LogP contribution in [-0.4, -0.2) is 62.8 Å². The van der Waals surface area contributed by atoms with Crippen LogP contribution in [0.25, 0.3) is 22.3 Å². The summed E-state index contributed by atoms with van der Waals surface area (Å²) in [6.07, 6.45) is 1.75. The van der Waals surface area contributed by atoms with E-state index in [2.05, 4.69) is 40.2 Å². The SMILES string of the molecule is CC(C)(C)OC(=O)Nc1nc(I)c2[nH]cnc2n1.CC(C)(C)OC(=O)n1cnc2c(I)nc(N)nc21. The average molecular weight is 722 g/mol. The van der Waals surface area contributed by atoms with Crippen LogP contribution < -0.4 is 11.1 Å². The van der Waals surface area contributed by atoms with Gasteiger partial charge in [0.15, 0.2) is 11.3 Å². The molecule has 16 heteroatoms. The maximum atomic E-state index is 12.0. The summed E-state index contributed by atoms with van der Waals surface area (Å²) >= 11 is 4.03. The number of anilines is 2. The quantitative estimate of drug-likeness (QED) is 0.190. The number of nitrogen functional groups attached to an aromatic ring is 1. The molecule has 192 valence electrons. The number of amides is 1. The zero-order valence-electron chi connectivity index (χ0n) is 20.3. The van der Waals surface area contributed by atoms with Gasteiger partial charge in [0, 0.05) is 0 Å². The van der Waals surface area contributed by atoms with Crippen molar-refractivity contribution in [3.8, 4) is 0 Å². The highest BCUT2D eigenvalue weighted by Crippen LogP contribution is 2.19. The number of aromatic amines is 1. The average Bonchev–Trinajstić information content (AvgIpc) is 3.32. The number of nitrogens with two attached hydrogens (primary N) is 1. The maximum absolute atomic E-state index is 12.0. The van der Waals surface area contributed by atoms with E-state index in [0.717, 1.165) is 5.52 Å². The molecule has 0 atom stereocenters. The van der Waals surface area contributed by atoms with Gasteiger partial charge in [-0.2, -0.15) is 9.97 Å². The molecule has 0 fully saturated rings. The Morgan fingerprint density at radius 3 is 2.28 bits per heavy atom. The molecule has 0 saturated carbocycles. The van der Waals surface area contributed by atoms with E-state index in [-0.39, 0.29) is 11.9 Å². The first kappa shape index (κ1) is 27.7. The molecule has 0 aliphatic carbocycles. The number of aromatic nitrogens is 8. The molecule has 4 aromatic heterocycles. The third-order valence-electron chi connectivity index (χ3n) is 3.82. The first-order chi connectivity index (χ1) is 16.6. The fraction of sp³-hybridized carbons (Fsp3) is 0.400. The van der Waals surface area contributed by atoms with Crippen molar-refractivity contribution in [2.24, 2.45) is 0 Å². The van der Waals surface area contributed by atoms with Gasteiger partial charge in [-0.1, -0.05) is 0 Å². The minimum atomic E-state index is -0.590. The zero-order valence-corrected chi connectivity index (χ0v) is 24.6. The van der Waals surface area contributed by atoms with E-state index in [9.17, 15) is 9.59 Å². The first-order valence-corrected chi connectivity index (χ1v) is 12.5. The smallest absolute Gasteiger partial charge is 0.421 e. The minimum Gasteiger partial charge on any atom is -0.444 e. The van der Waals surface area contributed by atoms with Crippen LogP contribution in [0.15, 0.2) is 12.7 Å². The monoisotopic (exact) mass is 722 g/mol. The number of carbonyl (C=O) groups is 2. The second kappa shape index (κ2) is 10.6. The molecule has 0 spiro atoms. The van der Waals surface area contributed by atoms with Gasteiger partial charge in [0.2, 0.25) is 11.9 Å². The van der Waals surface area contributed by atoms with Crippen molar-refractivity contribution < 1.29 is 19.1 Å². The lowest BCUT2D eigenvalue weighted by atomic mass is 10.2. The van der Waals surface area contributed by atoms with Gasteiger partial charge < -0.3 is 20.2 Å². The molecule has 0 bridgehead atoms. The summed E-state index contributed by atoms with van der Waals surface area (Å²) < 4.78 is 12.9. The van der Waals surface area contributed by atoms with Crippen molar-refractivity contribution in [3.63, 3.8) is 0 Å². The third kappa shape index (κ3) is 7.31. The van der Waals surface area contributed by atoms with Gasteiger partial charge in [0.05, 0.1) is 6.33 Å². The number of nitrogens with zero attached hydrogens (tertiary/aromatic N) is 7. The largest absolute Gasteiger partial charge is 0.444 e. The summed E-state index contributed by atoms with van der Waals surface area (Å²) in [6, 6.07) is 0. The Morgan fingerprint density at radius 2 is 1.64 bits per heavy atom. The second-order valence-corrected chi connectivity index (χ2v) is 11.2. The van der Waals surface area contributed by atoms with Crippen LogP contribution in [0.2, 0.25) is 0 Å². The summed E-state index contributed by atoms with van der Waals surface area (Å²) in [7, 11) is 0. The van der Waals surface area contributed by atoms with Crippen molar-refractivity contribution in [2.45, 2.75) is 52.7 Å². The Morgan fingerprint density at radius 1 is 0.972 bits per heavy atom. The summed E-state index contributed by atoms with van der Waals surface area (Å²) in [5.41, 5.74) is 6.53. The Bertz CT molecular complexity index is 1420. The number of imidazole rings is 2. The molecule has 0 aliphatic rings. The molecule has 4 N–H and O–H groups in total. The molecule has 1 amide bonds. The van der Waals surface area contributed by atoms with Gasteiger partial charge >= 0.3 is 12.2 Å². The highest BCUT2D eigenvalue weighted by molar-refractivity contribution is 14.1. The normalized spacial score (nSPS) is 11.7. The van der Waals surface area contributed by atoms with Crippen molar-refractivity contribution in [1.29, 1.82) is 0 Å². The molecular formula is C20H24I2N10O4. The number of rotatable bonds is 1. The molecular weight excluding hydrogens is 698 g/mol. The fourth-order valence-electron chi connectivity index (χ4n) is 2.57. The number of ether oxygens (including phenoxy) is 2. The fourth-order valence-corrected chi connectivity index (χ4v) is 3.83. The molecule has 0 aromatic carbocycles. The molecule has 36 heavy (non-hydrogen) atoms. The first-order valence-electron chi connectivity index (χ1n) is 10.4. The molecule has 4 rings (SSSR count). The molecule has 4 heterocycles. The number of hydrogen-bond donors (Lipinski definition) is 3. The van der Waals surface area contributed by atoms with E-state index in [4.69, 9.17) is 15.2 Å². The van der Waals surface area contributed by atoms with Crippen molar-refractivity contribution >= 4 is 91.6 Å². The summed E-state index contributed by atoms with van der Waals surface area (Å²) in [5.74, 6) is 0.269. The highest BCUT2D eigenvalue weighted by atomic mass is 127. The minimum absolute atomic E-state index is 0.0946. The molecule has 14 nitrogen and oxygen atoms in total. The second-order valence-electron chi connectivity index (χ2n) is 9.21. The van der Waals surface area contributed by atoms with Crippen LogP contribution >= 0.6 is 45.2 Å². The van der Waals surface area contributed by atoms with E-state index < -0.39 is 23.4 Å². The number of H-pyrrole nitrogens is 1. The van der Waals surface area contributed by atoms with Crippen LogP contribution in [-0.2, 0) is 9.47 Å². The Balaban J connectivity index is 0.000000201. The molecule has 4 aromatic rings. The molecule has 0 saturated heterocycles. The number of hydrogen-bond acceptors (Lipinski definition) is 11. The van der Waals surface area contributed by atoms with Gasteiger partial charge in [0.25, 0.3) is 0 Å². The molecule has 0 aliphatic heterocycles. The van der Waals surface area contributed by atoms with E-state index in [1.165, 1.54) is 17.2 Å². The van der Waals surface area contributed by atoms with Gasteiger partial charge in [0.1, 0.15) is 36.0 Å². The number of nitrogens with one attached hydrogen (secondary N) is 2. The Hall–Kier alpha value is -2.90. The predicted octanol–water partition coefficient (Wildman–Crippen LogP) is 4.10. The maximum Gasteiger partial charge on any atom is 0.421 e. The highest BCUT2D eigenvalue weighted by Gasteiger charge is 2.21. The standard InChI is InChI=1S/2C10H12IN5O2/c1-10(2,3)18-9(17)16-4-13-5-6(11)14-8(12)15-7(5)16;1-10(2,3)18-9(17)16-8-14-6(11)5-7(15-8)13-4-12-5/h4H,1-3H3,(H2,12,14,15);4H,1-3H3,(H2,12,13,14,15,16,17). The van der Waals surface area contributed by atoms with Gasteiger partial charge in [-0.05, 0) is 86.7 Å². The van der Waals surface area contributed by atoms with Crippen molar-refractivity contribution in [1.82, 2.24) is 39.5 Å². The summed E-state index contributed by atoms with van der Waals surface area (Å²) in [5, 5.41) is 2.48. The summed E-state index contributed by atoms with van der Waals surface area (Å²) in [6.45, 7) is 10.7. The lowest BCUT2D eigenvalue weighted by Crippen LogP contribution is -2.27. The van der Waals surface area contributed by atoms with E-state index in [1.54, 1.807) is 41.5 Å². The topological polar surface area (TPSA) is 189 Å². The lowest BCUT2D eigenvalue weighted by Gasteiger charge is -2.19. The lowest BCUT2D eigenvalue weighted by molar-refractivity contribution is 0.0541. The molecule has 0 radical (unpaired) electrons. The van der Waals surface area contributed by atoms with Crippen LogP contribution in [0.4, 0.5) is 21.5 Å². The summed E-state index contributed by atoms with van der Waals surface area (Å²) in [4.78, 5) is 50.8. The van der Waals surface area contributed by atoms with Crippen molar-refractivity contribution in [2.75, 3.05) is 11.1 Å². The molecule has 0 unspecified atom stereocenters. The van der Waals surface area contributed by atoms with Crippen LogP contribution in [0, 0.1) is 7.40 Å². The van der Waals surface area contributed by atoms with E-state index in [0.29, 0.717) is 24.2 Å². The van der Waals surface area contributed by atoms with E-state index >= 15 is 0 Å². The number of fused-ring (bicyclic) bond motifs is 2. The number of carbonyl (C=O) groups excluding carboxylic acids is 2. The van der Waals surface area contributed by atoms with Gasteiger partial charge in [-0.3, -0.25) is 5.32 Å². The van der Waals surface area contributed by atoms with Crippen LogP contribution in [0.1, 0.15) is 41.5 Å². The predicted molar refractivity (Wildman–Crippen MR) is 148 cm³/mol. The third-order valence-corrected chi connectivity index (χ3v) is 5.35. The van der Waals surface area contributed by atoms with Gasteiger partial charge in [-0.15, -0.1) is 0 Å². The Kier molecular flexibility index (Phi) is 8.16. The van der Waals surface area contributed by atoms with E-state index in [1.807, 2.05) is 45.2 Å². The van der Waals surface area contributed by atoms with Gasteiger partial charge in [-0.25, -0.2) is 34.1 Å². The van der Waals surface area contributed by atoms with Crippen LogP contribution in [0.5, 0.6) is 0 Å².